The van der Waals surface area contributed by atoms with Gasteiger partial charge in [0.2, 0.25) is 0 Å². The molecule has 15 heavy (non-hydrogen) atoms. The van der Waals surface area contributed by atoms with E-state index in [2.05, 4.69) is 12.2 Å². The van der Waals surface area contributed by atoms with Gasteiger partial charge in [0.1, 0.15) is 0 Å². The van der Waals surface area contributed by atoms with E-state index >= 15 is 0 Å². The van der Waals surface area contributed by atoms with E-state index in [0.717, 1.165) is 12.8 Å². The highest BCUT2D eigenvalue weighted by atomic mass is 16.4. The van der Waals surface area contributed by atoms with Crippen molar-refractivity contribution in [1.29, 1.82) is 0 Å². The van der Waals surface area contributed by atoms with E-state index in [4.69, 9.17) is 0 Å². The summed E-state index contributed by atoms with van der Waals surface area (Å²) in [5.74, 6) is -0.965. The zero-order valence-electron chi connectivity index (χ0n) is 9.79. The number of hydrogen-bond donors (Lipinski definition) is 1. The smallest absolute Gasteiger partial charge is 0.307 e. The fraction of sp³-hybridized carbons (Fsp3) is 0.615. The van der Waals surface area contributed by atoms with Gasteiger partial charge in [0.15, 0.2) is 0 Å². The first-order chi connectivity index (χ1) is 6.91. The zero-order valence-corrected chi connectivity index (χ0v) is 9.79. The molecule has 0 saturated heterocycles. The van der Waals surface area contributed by atoms with Crippen molar-refractivity contribution >= 4 is 5.97 Å². The highest BCUT2D eigenvalue weighted by Gasteiger charge is 2.31. The van der Waals surface area contributed by atoms with Gasteiger partial charge in [-0.2, -0.15) is 0 Å². The topological polar surface area (TPSA) is 37.3 Å². The first-order valence-corrected chi connectivity index (χ1v) is 5.48. The molecule has 0 heterocycles. The molecule has 0 spiro atoms. The summed E-state index contributed by atoms with van der Waals surface area (Å²) < 4.78 is 0. The van der Waals surface area contributed by atoms with Crippen LogP contribution in [0.2, 0.25) is 0 Å². The van der Waals surface area contributed by atoms with Gasteiger partial charge in [-0.15, -0.1) is 0 Å². The SMILES string of the molecule is CC(C)(C)C(CC1=CC=CCC1)C(=O)O. The highest BCUT2D eigenvalue weighted by molar-refractivity contribution is 5.71. The lowest BCUT2D eigenvalue weighted by molar-refractivity contribution is -0.145. The molecule has 84 valence electrons. The largest absolute Gasteiger partial charge is 0.481 e. The fourth-order valence-corrected chi connectivity index (χ4v) is 1.85. The normalized spacial score (nSPS) is 18.5. The van der Waals surface area contributed by atoms with Crippen molar-refractivity contribution in [3.63, 3.8) is 0 Å². The van der Waals surface area contributed by atoms with Crippen molar-refractivity contribution < 1.29 is 9.90 Å². The Hall–Kier alpha value is -1.05. The summed E-state index contributed by atoms with van der Waals surface area (Å²) in [6, 6.07) is 0. The Morgan fingerprint density at radius 1 is 1.53 bits per heavy atom. The van der Waals surface area contributed by atoms with Gasteiger partial charge in [0, 0.05) is 0 Å². The lowest BCUT2D eigenvalue weighted by Crippen LogP contribution is -2.28. The lowest BCUT2D eigenvalue weighted by Gasteiger charge is -2.28. The number of aliphatic carboxylic acids is 1. The van der Waals surface area contributed by atoms with Crippen LogP contribution < -0.4 is 0 Å². The summed E-state index contributed by atoms with van der Waals surface area (Å²) in [7, 11) is 0. The summed E-state index contributed by atoms with van der Waals surface area (Å²) in [5.41, 5.74) is 1.09. The van der Waals surface area contributed by atoms with Crippen molar-refractivity contribution in [3.8, 4) is 0 Å². The van der Waals surface area contributed by atoms with Crippen LogP contribution in [0.5, 0.6) is 0 Å². The van der Waals surface area contributed by atoms with Crippen molar-refractivity contribution in [2.75, 3.05) is 0 Å². The number of carbonyl (C=O) groups is 1. The molecule has 0 amide bonds. The van der Waals surface area contributed by atoms with Crippen LogP contribution in [0.3, 0.4) is 0 Å². The monoisotopic (exact) mass is 208 g/mol. The summed E-state index contributed by atoms with van der Waals surface area (Å²) in [4.78, 5) is 11.2. The molecule has 0 saturated carbocycles. The van der Waals surface area contributed by atoms with Crippen LogP contribution >= 0.6 is 0 Å². The molecule has 0 fully saturated rings. The molecule has 1 unspecified atom stereocenters. The molecular weight excluding hydrogens is 188 g/mol. The Morgan fingerprint density at radius 3 is 2.60 bits per heavy atom. The second-order valence-corrected chi connectivity index (χ2v) is 5.25. The Labute approximate surface area is 91.7 Å². The van der Waals surface area contributed by atoms with Crippen LogP contribution in [0.15, 0.2) is 23.8 Å². The highest BCUT2D eigenvalue weighted by Crippen LogP contribution is 2.33. The van der Waals surface area contributed by atoms with E-state index in [1.54, 1.807) is 0 Å². The quantitative estimate of drug-likeness (QED) is 0.771. The number of rotatable bonds is 3. The van der Waals surface area contributed by atoms with E-state index in [-0.39, 0.29) is 11.3 Å². The van der Waals surface area contributed by atoms with Gasteiger partial charge in [-0.3, -0.25) is 4.79 Å². The van der Waals surface area contributed by atoms with Gasteiger partial charge in [-0.25, -0.2) is 0 Å². The Balaban J connectivity index is 2.71. The number of hydrogen-bond acceptors (Lipinski definition) is 1. The molecule has 0 aromatic carbocycles. The molecule has 0 aromatic heterocycles. The number of carboxylic acid groups (broad SMARTS) is 1. The molecule has 0 bridgehead atoms. The minimum atomic E-state index is -0.682. The van der Waals surface area contributed by atoms with Crippen LogP contribution in [0, 0.1) is 11.3 Å². The van der Waals surface area contributed by atoms with Gasteiger partial charge in [-0.05, 0) is 24.7 Å². The maximum absolute atomic E-state index is 11.2. The van der Waals surface area contributed by atoms with Crippen molar-refractivity contribution in [3.05, 3.63) is 23.8 Å². The van der Waals surface area contributed by atoms with Gasteiger partial charge in [-0.1, -0.05) is 44.6 Å². The van der Waals surface area contributed by atoms with Crippen LogP contribution in [0.4, 0.5) is 0 Å². The average molecular weight is 208 g/mol. The third-order valence-electron chi connectivity index (χ3n) is 2.91. The molecule has 1 aliphatic rings. The summed E-state index contributed by atoms with van der Waals surface area (Å²) in [5, 5.41) is 9.19. The Kier molecular flexibility index (Phi) is 3.72. The van der Waals surface area contributed by atoms with Crippen LogP contribution in [-0.2, 0) is 4.79 Å². The average Bonchev–Trinajstić information content (AvgIpc) is 2.13. The number of carboxylic acids is 1. The molecule has 2 heteroatoms. The minimum absolute atomic E-state index is 0.173. The van der Waals surface area contributed by atoms with Crippen LogP contribution in [-0.4, -0.2) is 11.1 Å². The van der Waals surface area contributed by atoms with Gasteiger partial charge < -0.3 is 5.11 Å². The van der Waals surface area contributed by atoms with E-state index in [1.165, 1.54) is 5.57 Å². The van der Waals surface area contributed by atoms with Gasteiger partial charge in [0.25, 0.3) is 0 Å². The first-order valence-electron chi connectivity index (χ1n) is 5.48. The van der Waals surface area contributed by atoms with E-state index < -0.39 is 5.97 Å². The summed E-state index contributed by atoms with van der Waals surface area (Å²) in [6.07, 6.45) is 8.95. The fourth-order valence-electron chi connectivity index (χ4n) is 1.85. The molecular formula is C13H20O2. The van der Waals surface area contributed by atoms with Gasteiger partial charge >= 0.3 is 5.97 Å². The molecule has 0 radical (unpaired) electrons. The summed E-state index contributed by atoms with van der Waals surface area (Å²) >= 11 is 0. The van der Waals surface area contributed by atoms with Crippen LogP contribution in [0.1, 0.15) is 40.0 Å². The molecule has 1 rings (SSSR count). The van der Waals surface area contributed by atoms with Crippen LogP contribution in [0.25, 0.3) is 0 Å². The molecule has 0 aromatic rings. The maximum atomic E-state index is 11.2. The van der Waals surface area contributed by atoms with E-state index in [9.17, 15) is 9.90 Å². The van der Waals surface area contributed by atoms with Crippen molar-refractivity contribution in [2.45, 2.75) is 40.0 Å². The predicted octanol–water partition coefficient (Wildman–Crippen LogP) is 3.40. The summed E-state index contributed by atoms with van der Waals surface area (Å²) in [6.45, 7) is 5.97. The molecule has 1 N–H and O–H groups in total. The molecule has 1 atom stereocenters. The minimum Gasteiger partial charge on any atom is -0.481 e. The van der Waals surface area contributed by atoms with Crippen molar-refractivity contribution in [2.24, 2.45) is 11.3 Å². The molecule has 0 aliphatic heterocycles. The maximum Gasteiger partial charge on any atom is 0.307 e. The molecule has 1 aliphatic carbocycles. The Bertz CT molecular complexity index is 292. The zero-order chi connectivity index (χ0) is 11.5. The second kappa shape index (κ2) is 4.65. The predicted molar refractivity (Wildman–Crippen MR) is 61.7 cm³/mol. The number of allylic oxidation sites excluding steroid dienone is 4. The standard InChI is InChI=1S/C13H20O2/c1-13(2,3)11(12(14)15)9-10-7-5-4-6-8-10/h4-5,7,11H,6,8-9H2,1-3H3,(H,14,15). The van der Waals surface area contributed by atoms with E-state index in [1.807, 2.05) is 26.8 Å². The van der Waals surface area contributed by atoms with Crippen molar-refractivity contribution in [1.82, 2.24) is 0 Å². The van der Waals surface area contributed by atoms with E-state index in [0.29, 0.717) is 6.42 Å². The molecule has 2 nitrogen and oxygen atoms in total. The van der Waals surface area contributed by atoms with Gasteiger partial charge in [0.05, 0.1) is 5.92 Å². The lowest BCUT2D eigenvalue weighted by atomic mass is 9.76. The third kappa shape index (κ3) is 3.54. The second-order valence-electron chi connectivity index (χ2n) is 5.25. The third-order valence-corrected chi connectivity index (χ3v) is 2.91. The Morgan fingerprint density at radius 2 is 2.20 bits per heavy atom. The first kappa shape index (κ1) is 12.0.